The zero-order valence-corrected chi connectivity index (χ0v) is 21.8. The van der Waals surface area contributed by atoms with E-state index in [0.717, 1.165) is 36.5 Å². The highest BCUT2D eigenvalue weighted by Crippen LogP contribution is 2.67. The normalized spacial score (nSPS) is 39.8. The molecule has 1 aromatic carbocycles. The lowest BCUT2D eigenvalue weighted by molar-refractivity contribution is -0.178. The zero-order valence-electron chi connectivity index (χ0n) is 20.9. The van der Waals surface area contributed by atoms with Gasteiger partial charge in [-0.3, -0.25) is 9.59 Å². The van der Waals surface area contributed by atoms with E-state index in [1.807, 2.05) is 37.3 Å². The minimum atomic E-state index is -1.46. The topological polar surface area (TPSA) is 100 Å². The number of carbonyl (C=O) groups excluding carboxylic acids is 2. The molecule has 4 aliphatic carbocycles. The highest BCUT2D eigenvalue weighted by Gasteiger charge is 2.68. The fraction of sp³-hybridized carbons (Fsp3) is 0.586. The molecular formula is C29H34N2O4S. The summed E-state index contributed by atoms with van der Waals surface area (Å²) in [5.41, 5.74) is -1.11. The maximum absolute atomic E-state index is 13.7. The van der Waals surface area contributed by atoms with Crippen molar-refractivity contribution in [1.82, 2.24) is 10.2 Å². The van der Waals surface area contributed by atoms with Crippen LogP contribution in [0.15, 0.2) is 47.1 Å². The summed E-state index contributed by atoms with van der Waals surface area (Å²) in [6.07, 6.45) is 7.67. The number of aliphatic hydroxyl groups excluding tert-OH is 1. The Morgan fingerprint density at radius 2 is 1.97 bits per heavy atom. The van der Waals surface area contributed by atoms with Crippen molar-refractivity contribution in [3.05, 3.63) is 42.1 Å². The molecule has 3 fully saturated rings. The fourth-order valence-electron chi connectivity index (χ4n) is 8.51. The molecule has 36 heavy (non-hydrogen) atoms. The number of rotatable bonds is 4. The van der Waals surface area contributed by atoms with Gasteiger partial charge in [0.25, 0.3) is 0 Å². The first kappa shape index (κ1) is 24.3. The third kappa shape index (κ3) is 3.38. The number of benzene rings is 1. The Balaban J connectivity index is 1.26. The second-order valence-electron chi connectivity index (χ2n) is 11.9. The van der Waals surface area contributed by atoms with E-state index in [2.05, 4.69) is 17.1 Å². The van der Waals surface area contributed by atoms with Gasteiger partial charge in [0.15, 0.2) is 11.6 Å². The van der Waals surface area contributed by atoms with Crippen LogP contribution in [0.3, 0.4) is 0 Å². The first-order chi connectivity index (χ1) is 17.2. The lowest BCUT2D eigenvalue weighted by Gasteiger charge is -2.60. The van der Waals surface area contributed by atoms with E-state index < -0.39 is 17.1 Å². The maximum atomic E-state index is 13.7. The van der Waals surface area contributed by atoms with E-state index in [9.17, 15) is 19.8 Å². The molecule has 6 nitrogen and oxygen atoms in total. The summed E-state index contributed by atoms with van der Waals surface area (Å²) in [7, 11) is 0. The zero-order chi connectivity index (χ0) is 25.3. The van der Waals surface area contributed by atoms with Gasteiger partial charge in [0.05, 0.1) is 18.1 Å². The van der Waals surface area contributed by atoms with Gasteiger partial charge in [0.1, 0.15) is 10.6 Å². The van der Waals surface area contributed by atoms with Crippen LogP contribution in [0.1, 0.15) is 58.8 Å². The molecule has 0 amide bonds. The molecule has 4 aliphatic rings. The van der Waals surface area contributed by atoms with Gasteiger partial charge >= 0.3 is 0 Å². The Hall–Kier alpha value is -2.09. The van der Waals surface area contributed by atoms with Gasteiger partial charge < -0.3 is 10.2 Å². The minimum Gasteiger partial charge on any atom is -0.393 e. The largest absolute Gasteiger partial charge is 0.393 e. The molecule has 0 saturated heterocycles. The Bertz CT molecular complexity index is 1270. The molecule has 6 unspecified atom stereocenters. The smallest absolute Gasteiger partial charge is 0.175 e. The van der Waals surface area contributed by atoms with Crippen LogP contribution in [-0.2, 0) is 9.59 Å². The van der Waals surface area contributed by atoms with Gasteiger partial charge in [-0.2, -0.15) is 5.10 Å². The van der Waals surface area contributed by atoms with Crippen LogP contribution in [0.5, 0.6) is 0 Å². The van der Waals surface area contributed by atoms with Crippen LogP contribution in [0.2, 0.25) is 0 Å². The van der Waals surface area contributed by atoms with Gasteiger partial charge in [0, 0.05) is 22.6 Å². The molecule has 190 valence electrons. The predicted octanol–water partition coefficient (Wildman–Crippen LogP) is 4.52. The standard InChI is InChI=1S/C29H34N2O4S/c1-27-11-9-19(32)13-18(27)7-8-21-22-10-12-29(35,28(22,2)14-23(33)25(21)27)24(34)16-36-26-20-6-4-3-5-17(20)15-30-31-26/h3-6,13,15,21-23,25,33,35H,7-12,14,16H2,1-2H3/t21?,22?,23?,25?,27?,28?,29-/m0/s1. The monoisotopic (exact) mass is 506 g/mol. The average Bonchev–Trinajstić information content (AvgIpc) is 3.13. The van der Waals surface area contributed by atoms with Crippen molar-refractivity contribution in [1.29, 1.82) is 0 Å². The van der Waals surface area contributed by atoms with Crippen molar-refractivity contribution < 1.29 is 19.8 Å². The van der Waals surface area contributed by atoms with Gasteiger partial charge in [0.2, 0.25) is 0 Å². The number of hydrogen-bond donors (Lipinski definition) is 2. The quantitative estimate of drug-likeness (QED) is 0.588. The number of aliphatic hydroxyl groups is 2. The van der Waals surface area contributed by atoms with Gasteiger partial charge in [-0.25, -0.2) is 0 Å². The van der Waals surface area contributed by atoms with Crippen molar-refractivity contribution in [2.45, 2.75) is 75.5 Å². The summed E-state index contributed by atoms with van der Waals surface area (Å²) in [5, 5.41) is 34.5. The Labute approximate surface area is 216 Å². The first-order valence-corrected chi connectivity index (χ1v) is 14.2. The molecule has 2 N–H and O–H groups in total. The van der Waals surface area contributed by atoms with Crippen LogP contribution in [0.4, 0.5) is 0 Å². The van der Waals surface area contributed by atoms with Gasteiger partial charge in [-0.05, 0) is 67.8 Å². The molecule has 7 heteroatoms. The number of Topliss-reactive ketones (excluding diaryl/α,β-unsaturated/α-hetero) is 1. The molecule has 2 aromatic rings. The lowest BCUT2D eigenvalue weighted by atomic mass is 9.45. The number of ketones is 2. The number of allylic oxidation sites excluding steroid dienone is 1. The molecule has 0 spiro atoms. The average molecular weight is 507 g/mol. The van der Waals surface area contributed by atoms with E-state index in [-0.39, 0.29) is 40.5 Å². The lowest BCUT2D eigenvalue weighted by Crippen LogP contribution is -2.61. The highest BCUT2D eigenvalue weighted by atomic mass is 32.2. The Kier molecular flexibility index (Phi) is 5.71. The molecule has 0 aliphatic heterocycles. The highest BCUT2D eigenvalue weighted by molar-refractivity contribution is 8.00. The predicted molar refractivity (Wildman–Crippen MR) is 138 cm³/mol. The van der Waals surface area contributed by atoms with Crippen LogP contribution in [0.25, 0.3) is 10.8 Å². The molecule has 1 aromatic heterocycles. The number of carbonyl (C=O) groups is 2. The SMILES string of the molecule is CC12CCC(=O)C=C1CCC1C2C(O)CC2(C)C1CC[C@]2(O)C(=O)CSc1nncc2ccccc12. The molecule has 3 saturated carbocycles. The molecule has 6 rings (SSSR count). The van der Waals surface area contributed by atoms with Gasteiger partial charge in [-0.15, -0.1) is 5.10 Å². The Morgan fingerprint density at radius 1 is 1.17 bits per heavy atom. The van der Waals surface area contributed by atoms with Crippen molar-refractivity contribution in [3.8, 4) is 0 Å². The van der Waals surface area contributed by atoms with E-state index >= 15 is 0 Å². The third-order valence-electron chi connectivity index (χ3n) is 10.4. The van der Waals surface area contributed by atoms with Crippen LogP contribution in [0, 0.1) is 28.6 Å². The summed E-state index contributed by atoms with van der Waals surface area (Å²) in [5.74, 6) is 0.638. The summed E-state index contributed by atoms with van der Waals surface area (Å²) in [4.78, 5) is 25.8. The molecule has 0 radical (unpaired) electrons. The van der Waals surface area contributed by atoms with E-state index in [0.29, 0.717) is 24.3 Å². The molecule has 7 atom stereocenters. The summed E-state index contributed by atoms with van der Waals surface area (Å²) in [6, 6.07) is 7.84. The summed E-state index contributed by atoms with van der Waals surface area (Å²) in [6.45, 7) is 4.25. The van der Waals surface area contributed by atoms with E-state index in [1.165, 1.54) is 17.3 Å². The number of aromatic nitrogens is 2. The van der Waals surface area contributed by atoms with Crippen molar-refractivity contribution in [3.63, 3.8) is 0 Å². The molecule has 1 heterocycles. The van der Waals surface area contributed by atoms with Gasteiger partial charge in [-0.1, -0.05) is 55.4 Å². The number of hydrogen-bond acceptors (Lipinski definition) is 7. The molecule has 0 bridgehead atoms. The number of fused-ring (bicyclic) bond motifs is 6. The van der Waals surface area contributed by atoms with Crippen LogP contribution in [-0.4, -0.2) is 49.4 Å². The number of nitrogens with zero attached hydrogens (tertiary/aromatic N) is 2. The summed E-state index contributed by atoms with van der Waals surface area (Å²) < 4.78 is 0. The minimum absolute atomic E-state index is 0.0708. The van der Waals surface area contributed by atoms with Crippen molar-refractivity contribution in [2.75, 3.05) is 5.75 Å². The maximum Gasteiger partial charge on any atom is 0.175 e. The second kappa shape index (κ2) is 8.47. The van der Waals surface area contributed by atoms with Crippen molar-refractivity contribution >= 4 is 34.1 Å². The van der Waals surface area contributed by atoms with E-state index in [4.69, 9.17) is 0 Å². The summed E-state index contributed by atoms with van der Waals surface area (Å²) >= 11 is 1.33. The first-order valence-electron chi connectivity index (χ1n) is 13.2. The second-order valence-corrected chi connectivity index (χ2v) is 12.9. The van der Waals surface area contributed by atoms with Crippen molar-refractivity contribution in [2.24, 2.45) is 28.6 Å². The molecular weight excluding hydrogens is 472 g/mol. The number of thioether (sulfide) groups is 1. The fourth-order valence-corrected chi connectivity index (χ4v) is 9.46. The van der Waals surface area contributed by atoms with E-state index in [1.54, 1.807) is 6.20 Å². The Morgan fingerprint density at radius 3 is 2.81 bits per heavy atom. The van der Waals surface area contributed by atoms with Crippen LogP contribution < -0.4 is 0 Å². The van der Waals surface area contributed by atoms with Crippen LogP contribution >= 0.6 is 11.8 Å². The third-order valence-corrected chi connectivity index (χ3v) is 11.4.